The van der Waals surface area contributed by atoms with Crippen LogP contribution in [0.4, 0.5) is 0 Å². The zero-order chi connectivity index (χ0) is 0. The zero-order valence-corrected chi connectivity index (χ0v) is 12.3. The molecule has 1 nitrogen and oxygen atoms in total. The first kappa shape index (κ1) is 37.4. The van der Waals surface area contributed by atoms with E-state index in [1.54, 1.807) is 0 Å². The summed E-state index contributed by atoms with van der Waals surface area (Å²) in [7, 11) is 0. The second-order valence-electron chi connectivity index (χ2n) is 0. The maximum absolute atomic E-state index is 0. The molecule has 0 aliphatic rings. The van der Waals surface area contributed by atoms with Crippen LogP contribution in [0.15, 0.2) is 0 Å². The van der Waals surface area contributed by atoms with Gasteiger partial charge < -0.3 is 5.48 Å². The third kappa shape index (κ3) is 18.2. The van der Waals surface area contributed by atoms with E-state index in [2.05, 4.69) is 0 Å². The van der Waals surface area contributed by atoms with E-state index in [-0.39, 0.29) is 122 Å². The van der Waals surface area contributed by atoms with Crippen molar-refractivity contribution in [2.75, 3.05) is 0 Å². The van der Waals surface area contributed by atoms with E-state index in [4.69, 9.17) is 0 Å². The predicted molar refractivity (Wildman–Crippen MR) is 6.44 cm³/mol. The van der Waals surface area contributed by atoms with E-state index < -0.39 is 0 Å². The topological polar surface area (TPSA) is 28.5 Å². The second-order valence-corrected chi connectivity index (χ2v) is 0. The minimum Gasteiger partial charge on any atom is -2.00 e. The zero-order valence-electron chi connectivity index (χ0n) is 2.55. The van der Waals surface area contributed by atoms with Crippen molar-refractivity contribution in [1.82, 2.24) is 0 Å². The average molecular weight is 345 g/mol. The first-order valence-corrected chi connectivity index (χ1v) is 0. The van der Waals surface area contributed by atoms with Crippen molar-refractivity contribution in [2.24, 2.45) is 0 Å². The van der Waals surface area contributed by atoms with Gasteiger partial charge in [0.1, 0.15) is 0 Å². The van der Waals surface area contributed by atoms with Crippen LogP contribution in [0.2, 0.25) is 0 Å². The molecule has 0 spiro atoms. The Bertz CT molecular complexity index is 11.6. The van der Waals surface area contributed by atoms with Crippen LogP contribution in [0.25, 0.3) is 0 Å². The molecular weight excluding hydrogens is 345 g/mol. The average Bonchev–Trinajstić information content (AvgIpc) is 0. The Morgan fingerprint density at radius 3 is 1.00 bits per heavy atom. The van der Waals surface area contributed by atoms with Crippen molar-refractivity contribution >= 4 is 45.5 Å². The Morgan fingerprint density at radius 1 is 1.00 bits per heavy atom. The summed E-state index contributed by atoms with van der Waals surface area (Å²) in [5, 5.41) is 0. The van der Waals surface area contributed by atoms with E-state index in [1.165, 1.54) is 0 Å². The van der Waals surface area contributed by atoms with Gasteiger partial charge in [0.05, 0.1) is 0 Å². The maximum atomic E-state index is 0. The van der Waals surface area contributed by atoms with Crippen LogP contribution in [0.3, 0.4) is 0 Å². The largest absolute Gasteiger partial charge is 3.00 e. The molecule has 0 aliphatic carbocycles. The summed E-state index contributed by atoms with van der Waals surface area (Å²) in [6.07, 6.45) is 0. The van der Waals surface area contributed by atoms with Crippen LogP contribution in [0, 0.1) is 35.6 Å². The summed E-state index contributed by atoms with van der Waals surface area (Å²) in [6, 6.07) is 0. The fraction of sp³-hybridized carbons (Fsp3) is 0. The third-order valence-corrected chi connectivity index (χ3v) is 0. The SMILES string of the molecule is [Cr+3].[La+3].[O-2].[Sr+2].[V]. The van der Waals surface area contributed by atoms with Gasteiger partial charge in [0, 0.05) is 18.6 Å². The maximum Gasteiger partial charge on any atom is 3.00 e. The van der Waals surface area contributed by atoms with Gasteiger partial charge in [-0.2, -0.15) is 0 Å². The summed E-state index contributed by atoms with van der Waals surface area (Å²) in [5.41, 5.74) is 0. The van der Waals surface area contributed by atoms with Crippen LogP contribution < -0.4 is 0 Å². The van der Waals surface area contributed by atoms with Gasteiger partial charge in [0.25, 0.3) is 0 Å². The molecule has 0 aliphatic heterocycles. The smallest absolute Gasteiger partial charge is 2.00 e. The van der Waals surface area contributed by atoms with Crippen LogP contribution in [0.5, 0.6) is 0 Å². The van der Waals surface area contributed by atoms with Gasteiger partial charge in [-0.1, -0.05) is 0 Å². The molecular formula is CrLaOSrV+6. The minimum absolute atomic E-state index is 0. The van der Waals surface area contributed by atoms with Crippen LogP contribution in [-0.2, 0) is 41.4 Å². The normalized spacial score (nSPS) is 0. The molecule has 0 unspecified atom stereocenters. The van der Waals surface area contributed by atoms with E-state index in [0.29, 0.717) is 0 Å². The molecule has 0 bridgehead atoms. The fourth-order valence-corrected chi connectivity index (χ4v) is 0. The van der Waals surface area contributed by atoms with Gasteiger partial charge in [-0.15, -0.1) is 0 Å². The number of hydrogen-bond donors (Lipinski definition) is 0. The van der Waals surface area contributed by atoms with Crippen molar-refractivity contribution in [1.29, 1.82) is 0 Å². The molecule has 0 rings (SSSR count). The molecule has 0 N–H and O–H groups in total. The fourth-order valence-electron chi connectivity index (χ4n) is 0. The Kier molecular flexibility index (Phi) is 188. The molecule has 0 aromatic rings. The Morgan fingerprint density at radius 2 is 1.00 bits per heavy atom. The minimum atomic E-state index is 0. The third-order valence-electron chi connectivity index (χ3n) is 0. The summed E-state index contributed by atoms with van der Waals surface area (Å²) >= 11 is 0. The molecule has 0 saturated carbocycles. The Labute approximate surface area is 119 Å². The van der Waals surface area contributed by atoms with Gasteiger partial charge >= 0.3 is 98.4 Å². The molecule has 0 aromatic carbocycles. The predicted octanol–water partition coefficient (Wildman–Crippen LogP) is -0.505. The van der Waals surface area contributed by atoms with E-state index in [9.17, 15) is 0 Å². The van der Waals surface area contributed by atoms with Crippen molar-refractivity contribution in [3.8, 4) is 0 Å². The van der Waals surface area contributed by atoms with Crippen molar-refractivity contribution in [3.05, 3.63) is 0 Å². The summed E-state index contributed by atoms with van der Waals surface area (Å²) < 4.78 is 0. The van der Waals surface area contributed by atoms with E-state index in [1.807, 2.05) is 0 Å². The molecule has 5 heteroatoms. The Balaban J connectivity index is 0. The van der Waals surface area contributed by atoms with Gasteiger partial charge in [-0.3, -0.25) is 0 Å². The summed E-state index contributed by atoms with van der Waals surface area (Å²) in [4.78, 5) is 0. The molecule has 5 heavy (non-hydrogen) atoms. The van der Waals surface area contributed by atoms with Gasteiger partial charge in [0.2, 0.25) is 0 Å². The number of rotatable bonds is 0. The van der Waals surface area contributed by atoms with Crippen molar-refractivity contribution in [2.45, 2.75) is 0 Å². The van der Waals surface area contributed by atoms with Crippen molar-refractivity contribution < 1.29 is 77.0 Å². The molecule has 0 amide bonds. The first-order valence-electron chi connectivity index (χ1n) is 0. The number of hydrogen-bond acceptors (Lipinski definition) is 0. The summed E-state index contributed by atoms with van der Waals surface area (Å²) in [5.74, 6) is 0. The van der Waals surface area contributed by atoms with Crippen LogP contribution >= 0.6 is 0 Å². The standard InChI is InChI=1S/Cr.La.O.Sr.V/q2*+3;-2;+2;. The molecule has 0 atom stereocenters. The monoisotopic (exact) mass is 346 g/mol. The van der Waals surface area contributed by atoms with E-state index >= 15 is 0 Å². The molecule has 0 heterocycles. The van der Waals surface area contributed by atoms with E-state index in [0.717, 1.165) is 0 Å². The second kappa shape index (κ2) is 25.1. The van der Waals surface area contributed by atoms with Gasteiger partial charge in [0.15, 0.2) is 0 Å². The van der Waals surface area contributed by atoms with Gasteiger partial charge in [-0.25, -0.2) is 0 Å². The molecule has 2 radical (unpaired) electrons. The Hall–Kier alpha value is 3.75. The molecule has 16 valence electrons. The summed E-state index contributed by atoms with van der Waals surface area (Å²) in [6.45, 7) is 0. The van der Waals surface area contributed by atoms with Crippen LogP contribution in [0.1, 0.15) is 0 Å². The molecule has 0 saturated heterocycles. The quantitative estimate of drug-likeness (QED) is 0.530. The molecule has 0 aromatic heterocycles. The van der Waals surface area contributed by atoms with Gasteiger partial charge in [-0.05, 0) is 0 Å². The van der Waals surface area contributed by atoms with Crippen molar-refractivity contribution in [3.63, 3.8) is 0 Å². The van der Waals surface area contributed by atoms with Crippen LogP contribution in [-0.4, -0.2) is 45.5 Å². The molecule has 0 fully saturated rings. The first-order chi connectivity index (χ1) is 0.